The number of halogens is 2. The van der Waals surface area contributed by atoms with Gasteiger partial charge in [-0.25, -0.2) is 9.82 Å². The number of hydrogen-bond acceptors (Lipinski definition) is 5. The van der Waals surface area contributed by atoms with E-state index in [0.29, 0.717) is 22.0 Å². The summed E-state index contributed by atoms with van der Waals surface area (Å²) in [6.07, 6.45) is 1.29. The predicted octanol–water partition coefficient (Wildman–Crippen LogP) is 3.89. The van der Waals surface area contributed by atoms with Gasteiger partial charge in [-0.2, -0.15) is 5.10 Å². The number of rotatable bonds is 7. The normalized spacial score (nSPS) is 10.6. The molecule has 0 radical (unpaired) electrons. The van der Waals surface area contributed by atoms with Crippen LogP contribution in [0.4, 0.5) is 15.8 Å². The Morgan fingerprint density at radius 3 is 2.50 bits per heavy atom. The minimum Gasteiger partial charge on any atom is -0.484 e. The molecule has 3 rings (SSSR count). The summed E-state index contributed by atoms with van der Waals surface area (Å²) in [5.74, 6) is -2.77. The van der Waals surface area contributed by atoms with Crippen LogP contribution in [0.1, 0.15) is 11.1 Å². The Morgan fingerprint density at radius 1 is 0.971 bits per heavy atom. The maximum absolute atomic E-state index is 13.6. The highest BCUT2D eigenvalue weighted by Crippen LogP contribution is 2.23. The lowest BCUT2D eigenvalue weighted by Crippen LogP contribution is -2.32. The lowest BCUT2D eigenvalue weighted by Gasteiger charge is -2.10. The summed E-state index contributed by atoms with van der Waals surface area (Å²) in [7, 11) is 0. The van der Waals surface area contributed by atoms with E-state index in [0.717, 1.165) is 11.6 Å². The Labute approximate surface area is 199 Å². The molecule has 0 atom stereocenters. The van der Waals surface area contributed by atoms with Gasteiger partial charge in [-0.15, -0.1) is 0 Å². The van der Waals surface area contributed by atoms with Gasteiger partial charge in [0.15, 0.2) is 6.61 Å². The van der Waals surface area contributed by atoms with Crippen LogP contribution in [0.2, 0.25) is 5.02 Å². The Balaban J connectivity index is 1.50. The first kappa shape index (κ1) is 24.4. The number of nitrogens with zero attached hydrogens (tertiary/aromatic N) is 1. The summed E-state index contributed by atoms with van der Waals surface area (Å²) in [6.45, 7) is 1.56. The number of hydrogen-bond donors (Lipinski definition) is 3. The minimum atomic E-state index is -1.07. The smallest absolute Gasteiger partial charge is 0.329 e. The fourth-order valence-corrected chi connectivity index (χ4v) is 2.90. The van der Waals surface area contributed by atoms with Gasteiger partial charge in [-0.1, -0.05) is 41.9 Å². The van der Waals surface area contributed by atoms with Crippen LogP contribution in [0.5, 0.6) is 5.75 Å². The van der Waals surface area contributed by atoms with Crippen LogP contribution in [0.3, 0.4) is 0 Å². The third-order valence-electron chi connectivity index (χ3n) is 4.48. The van der Waals surface area contributed by atoms with Gasteiger partial charge in [0.2, 0.25) is 0 Å². The van der Waals surface area contributed by atoms with E-state index in [9.17, 15) is 18.8 Å². The lowest BCUT2D eigenvalue weighted by atomic mass is 10.2. The van der Waals surface area contributed by atoms with Crippen molar-refractivity contribution in [3.05, 3.63) is 88.7 Å². The predicted molar refractivity (Wildman–Crippen MR) is 128 cm³/mol. The molecular weight excluding hydrogens is 463 g/mol. The van der Waals surface area contributed by atoms with Gasteiger partial charge in [0.1, 0.15) is 11.6 Å². The number of benzene rings is 3. The van der Waals surface area contributed by atoms with Gasteiger partial charge < -0.3 is 15.4 Å². The fourth-order valence-electron chi connectivity index (χ4n) is 2.72. The van der Waals surface area contributed by atoms with Crippen molar-refractivity contribution in [2.45, 2.75) is 6.92 Å². The zero-order valence-corrected chi connectivity index (χ0v) is 18.7. The second kappa shape index (κ2) is 11.6. The molecule has 0 aromatic heterocycles. The summed E-state index contributed by atoms with van der Waals surface area (Å²) in [5.41, 5.74) is 3.82. The Hall–Kier alpha value is -4.24. The number of nitrogens with one attached hydrogen (secondary N) is 3. The van der Waals surface area contributed by atoms with Crippen LogP contribution in [-0.4, -0.2) is 30.5 Å². The Bertz CT molecular complexity index is 1250. The average molecular weight is 483 g/mol. The van der Waals surface area contributed by atoms with Crippen LogP contribution in [-0.2, 0) is 14.4 Å². The molecule has 0 heterocycles. The molecule has 8 nitrogen and oxygen atoms in total. The molecule has 3 aromatic carbocycles. The van der Waals surface area contributed by atoms with Crippen molar-refractivity contribution in [2.75, 3.05) is 17.2 Å². The molecule has 0 saturated carbocycles. The van der Waals surface area contributed by atoms with Crippen molar-refractivity contribution in [1.29, 1.82) is 0 Å². The van der Waals surface area contributed by atoms with E-state index in [1.807, 2.05) is 0 Å². The van der Waals surface area contributed by atoms with E-state index in [2.05, 4.69) is 21.2 Å². The topological polar surface area (TPSA) is 109 Å². The summed E-state index contributed by atoms with van der Waals surface area (Å²) in [5, 5.41) is 9.14. The summed E-state index contributed by atoms with van der Waals surface area (Å²) < 4.78 is 19.1. The first-order valence-corrected chi connectivity index (χ1v) is 10.4. The Kier molecular flexibility index (Phi) is 8.31. The van der Waals surface area contributed by atoms with E-state index in [1.165, 1.54) is 24.4 Å². The highest BCUT2D eigenvalue weighted by atomic mass is 35.5. The van der Waals surface area contributed by atoms with Gasteiger partial charge in [-0.05, 0) is 54.4 Å². The SMILES string of the molecule is Cc1c(Cl)cccc1NC(=O)COc1cccc(/C=N\NC(=O)C(=O)Nc2ccccc2F)c1. The van der Waals surface area contributed by atoms with Gasteiger partial charge in [0.05, 0.1) is 11.9 Å². The van der Waals surface area contributed by atoms with Crippen molar-refractivity contribution in [2.24, 2.45) is 5.10 Å². The zero-order valence-electron chi connectivity index (χ0n) is 18.0. The van der Waals surface area contributed by atoms with Gasteiger partial charge >= 0.3 is 11.8 Å². The van der Waals surface area contributed by atoms with E-state index in [4.69, 9.17) is 16.3 Å². The van der Waals surface area contributed by atoms with Crippen molar-refractivity contribution in [3.8, 4) is 5.75 Å². The summed E-state index contributed by atoms with van der Waals surface area (Å²) in [6, 6.07) is 17.2. The van der Waals surface area contributed by atoms with Crippen molar-refractivity contribution in [1.82, 2.24) is 5.43 Å². The van der Waals surface area contributed by atoms with Gasteiger partial charge in [0, 0.05) is 10.7 Å². The maximum Gasteiger partial charge on any atom is 0.329 e. The highest BCUT2D eigenvalue weighted by Gasteiger charge is 2.14. The third kappa shape index (κ3) is 6.88. The molecule has 0 unspecified atom stereocenters. The molecule has 3 amide bonds. The molecule has 10 heteroatoms. The zero-order chi connectivity index (χ0) is 24.5. The van der Waals surface area contributed by atoms with Crippen LogP contribution >= 0.6 is 11.6 Å². The lowest BCUT2D eigenvalue weighted by molar-refractivity contribution is -0.136. The molecule has 0 aliphatic heterocycles. The van der Waals surface area contributed by atoms with Crippen LogP contribution < -0.4 is 20.8 Å². The average Bonchev–Trinajstić information content (AvgIpc) is 2.82. The number of carbonyl (C=O) groups is 3. The van der Waals surface area contributed by atoms with Crippen molar-refractivity contribution < 1.29 is 23.5 Å². The quantitative estimate of drug-likeness (QED) is 0.269. The monoisotopic (exact) mass is 482 g/mol. The van der Waals surface area contributed by atoms with Crippen molar-refractivity contribution in [3.63, 3.8) is 0 Å². The fraction of sp³-hybridized carbons (Fsp3) is 0.0833. The van der Waals surface area contributed by atoms with E-state index < -0.39 is 17.6 Å². The van der Waals surface area contributed by atoms with Crippen LogP contribution in [0, 0.1) is 12.7 Å². The molecule has 3 aromatic rings. The number of hydrazone groups is 1. The number of anilines is 2. The van der Waals surface area contributed by atoms with Crippen molar-refractivity contribution >= 4 is 46.9 Å². The molecule has 0 saturated heterocycles. The number of amides is 3. The second-order valence-corrected chi connectivity index (χ2v) is 7.36. The number of carbonyl (C=O) groups excluding carboxylic acids is 3. The summed E-state index contributed by atoms with van der Waals surface area (Å²) in [4.78, 5) is 35.9. The van der Waals surface area contributed by atoms with Gasteiger partial charge in [-0.3, -0.25) is 14.4 Å². The highest BCUT2D eigenvalue weighted by molar-refractivity contribution is 6.39. The van der Waals surface area contributed by atoms with E-state index in [-0.39, 0.29) is 18.2 Å². The third-order valence-corrected chi connectivity index (χ3v) is 4.89. The van der Waals surface area contributed by atoms with Crippen LogP contribution in [0.15, 0.2) is 71.8 Å². The van der Waals surface area contributed by atoms with E-state index >= 15 is 0 Å². The number of para-hydroxylation sites is 1. The maximum atomic E-state index is 13.6. The Morgan fingerprint density at radius 2 is 1.71 bits per heavy atom. The number of ether oxygens (including phenoxy) is 1. The minimum absolute atomic E-state index is 0.119. The first-order chi connectivity index (χ1) is 16.3. The van der Waals surface area contributed by atoms with Gasteiger partial charge in [0.25, 0.3) is 5.91 Å². The molecule has 0 spiro atoms. The molecule has 3 N–H and O–H groups in total. The standard InChI is InChI=1S/C24H20ClFN4O4/c1-15-18(25)8-5-11-20(15)28-22(31)14-34-17-7-4-6-16(12-17)13-27-30-24(33)23(32)29-21-10-3-2-9-19(21)26/h2-13H,14H2,1H3,(H,28,31)(H,29,32)(H,30,33)/b27-13-. The molecular formula is C24H20ClFN4O4. The van der Waals surface area contributed by atoms with E-state index in [1.54, 1.807) is 49.4 Å². The molecule has 0 aliphatic carbocycles. The summed E-state index contributed by atoms with van der Waals surface area (Å²) >= 11 is 6.05. The molecule has 0 bridgehead atoms. The van der Waals surface area contributed by atoms with Crippen LogP contribution in [0.25, 0.3) is 0 Å². The first-order valence-electron chi connectivity index (χ1n) is 10.00. The second-order valence-electron chi connectivity index (χ2n) is 6.95. The molecule has 174 valence electrons. The molecule has 0 aliphatic rings. The largest absolute Gasteiger partial charge is 0.484 e. The molecule has 0 fully saturated rings. The molecule has 34 heavy (non-hydrogen) atoms.